The van der Waals surface area contributed by atoms with Crippen LogP contribution >= 0.6 is 0 Å². The lowest BCUT2D eigenvalue weighted by atomic mass is 10.00. The van der Waals surface area contributed by atoms with E-state index in [4.69, 9.17) is 0 Å². The molecule has 5 nitrogen and oxygen atoms in total. The summed E-state index contributed by atoms with van der Waals surface area (Å²) >= 11 is 0. The molecule has 1 amide bonds. The van der Waals surface area contributed by atoms with E-state index < -0.39 is 0 Å². The van der Waals surface area contributed by atoms with Crippen LogP contribution in [0.5, 0.6) is 0 Å². The minimum absolute atomic E-state index is 0.0545. The Hall–Kier alpha value is -2.24. The predicted molar refractivity (Wildman–Crippen MR) is 91.3 cm³/mol. The molecule has 1 atom stereocenters. The first-order valence-corrected chi connectivity index (χ1v) is 7.97. The van der Waals surface area contributed by atoms with Crippen molar-refractivity contribution in [1.29, 1.82) is 0 Å². The number of nitrogens with zero attached hydrogens (tertiary/aromatic N) is 2. The van der Waals surface area contributed by atoms with Gasteiger partial charge in [-0.15, -0.1) is 0 Å². The molecule has 3 rings (SSSR count). The van der Waals surface area contributed by atoms with Crippen molar-refractivity contribution in [2.45, 2.75) is 13.0 Å². The van der Waals surface area contributed by atoms with E-state index in [0.717, 1.165) is 37.6 Å². The molecule has 0 aliphatic carbocycles. The summed E-state index contributed by atoms with van der Waals surface area (Å²) in [5.74, 6) is -0.0545. The maximum Gasteiger partial charge on any atom is 0.221 e. The van der Waals surface area contributed by atoms with E-state index in [1.807, 2.05) is 30.5 Å². The van der Waals surface area contributed by atoms with Crippen molar-refractivity contribution in [3.63, 3.8) is 0 Å². The number of carbonyl (C=O) groups excluding carboxylic acids is 1. The van der Waals surface area contributed by atoms with Gasteiger partial charge in [-0.3, -0.25) is 14.7 Å². The Balaban J connectivity index is 1.89. The average molecular weight is 310 g/mol. The van der Waals surface area contributed by atoms with Crippen LogP contribution in [0.1, 0.15) is 24.2 Å². The van der Waals surface area contributed by atoms with E-state index in [-0.39, 0.29) is 11.9 Å². The third-order valence-corrected chi connectivity index (χ3v) is 4.03. The zero-order chi connectivity index (χ0) is 16.1. The highest BCUT2D eigenvalue weighted by molar-refractivity contribution is 5.88. The van der Waals surface area contributed by atoms with Gasteiger partial charge in [0.15, 0.2) is 0 Å². The maximum atomic E-state index is 11.2. The predicted octanol–water partition coefficient (Wildman–Crippen LogP) is 2.03. The number of rotatable bonds is 4. The summed E-state index contributed by atoms with van der Waals surface area (Å²) in [6, 6.07) is 14.3. The number of benzene rings is 1. The van der Waals surface area contributed by atoms with Gasteiger partial charge in [0.1, 0.15) is 0 Å². The Morgan fingerprint density at radius 1 is 1.17 bits per heavy atom. The first-order chi connectivity index (χ1) is 11.2. The highest BCUT2D eigenvalue weighted by Gasteiger charge is 2.24. The van der Waals surface area contributed by atoms with Crippen LogP contribution in [0.25, 0.3) is 0 Å². The van der Waals surface area contributed by atoms with Gasteiger partial charge in [-0.2, -0.15) is 0 Å². The maximum absolute atomic E-state index is 11.2. The van der Waals surface area contributed by atoms with Crippen molar-refractivity contribution in [2.75, 3.05) is 31.5 Å². The lowest BCUT2D eigenvalue weighted by Crippen LogP contribution is -2.45. The normalized spacial score (nSPS) is 16.7. The van der Waals surface area contributed by atoms with Crippen molar-refractivity contribution >= 4 is 11.6 Å². The Kier molecular flexibility index (Phi) is 5.00. The molecule has 2 aromatic rings. The first kappa shape index (κ1) is 15.6. The van der Waals surface area contributed by atoms with Gasteiger partial charge in [0.05, 0.1) is 11.7 Å². The summed E-state index contributed by atoms with van der Waals surface area (Å²) < 4.78 is 0. The molecular weight excluding hydrogens is 288 g/mol. The fourth-order valence-electron chi connectivity index (χ4n) is 3.00. The van der Waals surface area contributed by atoms with Crippen LogP contribution in [-0.4, -0.2) is 42.0 Å². The molecule has 1 aromatic carbocycles. The van der Waals surface area contributed by atoms with Crippen LogP contribution in [0, 0.1) is 0 Å². The minimum atomic E-state index is -0.0545. The number of carbonyl (C=O) groups is 1. The van der Waals surface area contributed by atoms with Crippen molar-refractivity contribution in [2.24, 2.45) is 0 Å². The summed E-state index contributed by atoms with van der Waals surface area (Å²) in [5, 5.41) is 6.21. The summed E-state index contributed by atoms with van der Waals surface area (Å²) in [5.41, 5.74) is 3.07. The molecule has 5 heteroatoms. The molecule has 1 aliphatic heterocycles. The van der Waals surface area contributed by atoms with Gasteiger partial charge >= 0.3 is 0 Å². The quantitative estimate of drug-likeness (QED) is 0.907. The molecule has 1 aliphatic rings. The van der Waals surface area contributed by atoms with E-state index in [1.54, 1.807) is 0 Å². The van der Waals surface area contributed by atoms with Gasteiger partial charge in [-0.25, -0.2) is 0 Å². The van der Waals surface area contributed by atoms with Gasteiger partial charge < -0.3 is 10.6 Å². The number of hydrogen-bond acceptors (Lipinski definition) is 4. The Labute approximate surface area is 136 Å². The van der Waals surface area contributed by atoms with Crippen LogP contribution < -0.4 is 10.6 Å². The number of aromatic nitrogens is 1. The van der Waals surface area contributed by atoms with E-state index >= 15 is 0 Å². The van der Waals surface area contributed by atoms with E-state index in [0.29, 0.717) is 0 Å². The number of pyridine rings is 1. The van der Waals surface area contributed by atoms with Crippen molar-refractivity contribution in [3.05, 3.63) is 59.9 Å². The minimum Gasteiger partial charge on any atom is -0.326 e. The Bertz CT molecular complexity index is 636. The molecule has 1 unspecified atom stereocenters. The highest BCUT2D eigenvalue weighted by atomic mass is 16.1. The third kappa shape index (κ3) is 3.94. The van der Waals surface area contributed by atoms with Crippen LogP contribution in [0.3, 0.4) is 0 Å². The van der Waals surface area contributed by atoms with Gasteiger partial charge in [0.25, 0.3) is 0 Å². The van der Waals surface area contributed by atoms with Gasteiger partial charge in [-0.05, 0) is 29.8 Å². The second-order valence-electron chi connectivity index (χ2n) is 5.75. The van der Waals surface area contributed by atoms with Gasteiger partial charge in [0.2, 0.25) is 5.91 Å². The number of nitrogens with one attached hydrogen (secondary N) is 2. The monoisotopic (exact) mass is 310 g/mol. The molecule has 120 valence electrons. The fourth-order valence-corrected chi connectivity index (χ4v) is 3.00. The molecule has 1 fully saturated rings. The topological polar surface area (TPSA) is 57.3 Å². The molecule has 0 spiro atoms. The van der Waals surface area contributed by atoms with Gasteiger partial charge in [0, 0.05) is 45.0 Å². The van der Waals surface area contributed by atoms with Crippen LogP contribution in [0.4, 0.5) is 5.69 Å². The molecular formula is C18H22N4O. The van der Waals surface area contributed by atoms with E-state index in [2.05, 4.69) is 38.7 Å². The lowest BCUT2D eigenvalue weighted by Gasteiger charge is -2.35. The van der Waals surface area contributed by atoms with Crippen LogP contribution in [0.15, 0.2) is 48.7 Å². The zero-order valence-corrected chi connectivity index (χ0v) is 13.3. The largest absolute Gasteiger partial charge is 0.326 e. The number of anilines is 1. The summed E-state index contributed by atoms with van der Waals surface area (Å²) in [6.45, 7) is 5.50. The van der Waals surface area contributed by atoms with Crippen LogP contribution in [0.2, 0.25) is 0 Å². The zero-order valence-electron chi connectivity index (χ0n) is 13.3. The van der Waals surface area contributed by atoms with Crippen molar-refractivity contribution in [3.8, 4) is 0 Å². The number of piperazine rings is 1. The van der Waals surface area contributed by atoms with Crippen molar-refractivity contribution < 1.29 is 4.79 Å². The smallest absolute Gasteiger partial charge is 0.221 e. The molecule has 1 aromatic heterocycles. The highest BCUT2D eigenvalue weighted by Crippen LogP contribution is 2.28. The molecule has 2 heterocycles. The average Bonchev–Trinajstić information content (AvgIpc) is 2.58. The standard InChI is InChI=1S/C18H22N4O/c1-14(23)21-16-7-5-15(6-8-16)18(17-4-2-3-9-20-17)22-12-10-19-11-13-22/h2-9,18-19H,10-13H2,1H3,(H,21,23). The van der Waals surface area contributed by atoms with Gasteiger partial charge in [-0.1, -0.05) is 18.2 Å². The molecule has 23 heavy (non-hydrogen) atoms. The Morgan fingerprint density at radius 3 is 2.52 bits per heavy atom. The van der Waals surface area contributed by atoms with E-state index in [9.17, 15) is 4.79 Å². The fraction of sp³-hybridized carbons (Fsp3) is 0.333. The second-order valence-corrected chi connectivity index (χ2v) is 5.75. The summed E-state index contributed by atoms with van der Waals surface area (Å²) in [6.07, 6.45) is 1.84. The Morgan fingerprint density at radius 2 is 1.91 bits per heavy atom. The van der Waals surface area contributed by atoms with Crippen LogP contribution in [-0.2, 0) is 4.79 Å². The SMILES string of the molecule is CC(=O)Nc1ccc(C(c2ccccn2)N2CCNCC2)cc1. The second kappa shape index (κ2) is 7.35. The molecule has 0 bridgehead atoms. The molecule has 0 saturated carbocycles. The summed E-state index contributed by atoms with van der Waals surface area (Å²) in [7, 11) is 0. The first-order valence-electron chi connectivity index (χ1n) is 7.97. The lowest BCUT2D eigenvalue weighted by molar-refractivity contribution is -0.114. The number of amides is 1. The molecule has 0 radical (unpaired) electrons. The molecule has 1 saturated heterocycles. The van der Waals surface area contributed by atoms with E-state index in [1.165, 1.54) is 12.5 Å². The summed E-state index contributed by atoms with van der Waals surface area (Å²) in [4.78, 5) is 18.2. The number of hydrogen-bond donors (Lipinski definition) is 2. The third-order valence-electron chi connectivity index (χ3n) is 4.03. The molecule has 2 N–H and O–H groups in total. The van der Waals surface area contributed by atoms with Crippen molar-refractivity contribution in [1.82, 2.24) is 15.2 Å².